The lowest BCUT2D eigenvalue weighted by Crippen LogP contribution is -2.11. The highest BCUT2D eigenvalue weighted by Crippen LogP contribution is 2.50. The number of rotatable bonds is 7. The molecule has 0 spiro atoms. The number of furan rings is 1. The molecule has 0 saturated carbocycles. The highest BCUT2D eigenvalue weighted by molar-refractivity contribution is 7.62. The molecule has 0 radical (unpaired) electrons. The Balaban J connectivity index is 2.50. The largest absolute Gasteiger partial charge is 0.497 e. The van der Waals surface area contributed by atoms with Crippen molar-refractivity contribution in [2.45, 2.75) is 20.8 Å². The number of aryl methyl sites for hydroxylation is 1. The van der Waals surface area contributed by atoms with E-state index in [1.54, 1.807) is 33.9 Å². The van der Waals surface area contributed by atoms with Gasteiger partial charge in [0.1, 0.15) is 22.6 Å². The molecule has 1 aromatic heterocycles. The first-order chi connectivity index (χ1) is 10.5. The zero-order valence-electron chi connectivity index (χ0n) is 13.3. The van der Waals surface area contributed by atoms with Crippen LogP contribution in [0.25, 0.3) is 11.3 Å². The van der Waals surface area contributed by atoms with Crippen molar-refractivity contribution < 1.29 is 22.8 Å². The Labute approximate surface area is 130 Å². The molecule has 0 unspecified atom stereocenters. The summed E-state index contributed by atoms with van der Waals surface area (Å²) in [7, 11) is -1.79. The lowest BCUT2D eigenvalue weighted by molar-refractivity contribution is 0.230. The van der Waals surface area contributed by atoms with Gasteiger partial charge in [-0.25, -0.2) is 0 Å². The first kappa shape index (κ1) is 16.8. The summed E-state index contributed by atoms with van der Waals surface area (Å²) in [5, 5.41) is 0.457. The van der Waals surface area contributed by atoms with Gasteiger partial charge in [-0.05, 0) is 51.1 Å². The molecule has 0 saturated heterocycles. The number of methoxy groups -OCH3 is 1. The van der Waals surface area contributed by atoms with Crippen LogP contribution in [0.5, 0.6) is 5.75 Å². The van der Waals surface area contributed by atoms with Crippen molar-refractivity contribution in [1.82, 2.24) is 0 Å². The SMILES string of the molecule is CCOP(=O)(OCC)c1cc(C)oc1-c1ccc(OC)cc1. The van der Waals surface area contributed by atoms with Gasteiger partial charge in [0.2, 0.25) is 0 Å². The quantitative estimate of drug-likeness (QED) is 0.716. The Kier molecular flexibility index (Phi) is 5.46. The second-order valence-electron chi connectivity index (χ2n) is 4.63. The van der Waals surface area contributed by atoms with E-state index in [0.29, 0.717) is 30.0 Å². The topological polar surface area (TPSA) is 57.9 Å². The molecule has 0 aliphatic carbocycles. The molecule has 120 valence electrons. The lowest BCUT2D eigenvalue weighted by Gasteiger charge is -2.16. The molecule has 0 aliphatic rings. The third-order valence-corrected chi connectivity index (χ3v) is 5.20. The smallest absolute Gasteiger partial charge is 0.365 e. The van der Waals surface area contributed by atoms with Crippen molar-refractivity contribution in [3.8, 4) is 17.1 Å². The Morgan fingerprint density at radius 1 is 1.09 bits per heavy atom. The number of hydrogen-bond donors (Lipinski definition) is 0. The summed E-state index contributed by atoms with van der Waals surface area (Å²) < 4.78 is 34.8. The van der Waals surface area contributed by atoms with Gasteiger partial charge in [0, 0.05) is 5.56 Å². The van der Waals surface area contributed by atoms with Gasteiger partial charge in [-0.2, -0.15) is 0 Å². The van der Waals surface area contributed by atoms with E-state index < -0.39 is 7.60 Å². The van der Waals surface area contributed by atoms with Gasteiger partial charge in [-0.15, -0.1) is 0 Å². The predicted molar refractivity (Wildman–Crippen MR) is 85.9 cm³/mol. The minimum atomic E-state index is -3.40. The zero-order valence-corrected chi connectivity index (χ0v) is 14.2. The van der Waals surface area contributed by atoms with Crippen molar-refractivity contribution in [2.75, 3.05) is 20.3 Å². The van der Waals surface area contributed by atoms with Crippen molar-refractivity contribution in [2.24, 2.45) is 0 Å². The normalized spacial score (nSPS) is 11.6. The fourth-order valence-corrected chi connectivity index (χ4v) is 3.97. The van der Waals surface area contributed by atoms with Gasteiger partial charge < -0.3 is 18.2 Å². The van der Waals surface area contributed by atoms with Gasteiger partial charge >= 0.3 is 7.60 Å². The van der Waals surface area contributed by atoms with Crippen molar-refractivity contribution in [3.05, 3.63) is 36.1 Å². The fourth-order valence-electron chi connectivity index (χ4n) is 2.17. The molecule has 1 heterocycles. The van der Waals surface area contributed by atoms with Gasteiger partial charge in [0.15, 0.2) is 0 Å². The minimum Gasteiger partial charge on any atom is -0.497 e. The summed E-state index contributed by atoms with van der Waals surface area (Å²) in [6.07, 6.45) is 0. The van der Waals surface area contributed by atoms with Crippen LogP contribution >= 0.6 is 7.60 Å². The summed E-state index contributed by atoms with van der Waals surface area (Å²) >= 11 is 0. The number of ether oxygens (including phenoxy) is 1. The van der Waals surface area contributed by atoms with Crippen LogP contribution in [0.2, 0.25) is 0 Å². The van der Waals surface area contributed by atoms with E-state index >= 15 is 0 Å². The van der Waals surface area contributed by atoms with Gasteiger partial charge in [0.25, 0.3) is 0 Å². The Morgan fingerprint density at radius 2 is 1.68 bits per heavy atom. The maximum atomic E-state index is 13.0. The van der Waals surface area contributed by atoms with Gasteiger partial charge in [-0.1, -0.05) is 0 Å². The van der Waals surface area contributed by atoms with E-state index in [9.17, 15) is 4.57 Å². The highest BCUT2D eigenvalue weighted by Gasteiger charge is 2.33. The average Bonchev–Trinajstić information content (AvgIpc) is 2.90. The Hall–Kier alpha value is -1.55. The van der Waals surface area contributed by atoms with E-state index in [-0.39, 0.29) is 0 Å². The van der Waals surface area contributed by atoms with Crippen molar-refractivity contribution >= 4 is 12.9 Å². The molecule has 2 rings (SSSR count). The molecular formula is C16H21O5P. The van der Waals surface area contributed by atoms with Crippen LogP contribution in [-0.2, 0) is 13.6 Å². The van der Waals surface area contributed by atoms with Crippen LogP contribution in [0.15, 0.2) is 34.7 Å². The first-order valence-corrected chi connectivity index (χ1v) is 8.72. The van der Waals surface area contributed by atoms with Crippen LogP contribution in [0.1, 0.15) is 19.6 Å². The molecule has 0 fully saturated rings. The molecule has 2 aromatic rings. The second kappa shape index (κ2) is 7.14. The predicted octanol–water partition coefficient (Wildman–Crippen LogP) is 4.16. The molecule has 0 amide bonds. The van der Waals surface area contributed by atoms with Crippen molar-refractivity contribution in [1.29, 1.82) is 0 Å². The molecule has 0 aliphatic heterocycles. The summed E-state index contributed by atoms with van der Waals surface area (Å²) in [6, 6.07) is 9.06. The van der Waals surface area contributed by atoms with Crippen LogP contribution in [0.4, 0.5) is 0 Å². The third kappa shape index (κ3) is 3.43. The molecule has 5 nitrogen and oxygen atoms in total. The van der Waals surface area contributed by atoms with E-state index in [0.717, 1.165) is 11.3 Å². The minimum absolute atomic E-state index is 0.295. The maximum Gasteiger partial charge on any atom is 0.365 e. The van der Waals surface area contributed by atoms with Crippen LogP contribution in [0, 0.1) is 6.92 Å². The Morgan fingerprint density at radius 3 is 2.18 bits per heavy atom. The summed E-state index contributed by atoms with van der Waals surface area (Å²) in [4.78, 5) is 0. The van der Waals surface area contributed by atoms with E-state index in [4.69, 9.17) is 18.2 Å². The number of benzene rings is 1. The highest BCUT2D eigenvalue weighted by atomic mass is 31.2. The van der Waals surface area contributed by atoms with E-state index in [1.807, 2.05) is 24.3 Å². The van der Waals surface area contributed by atoms with Crippen LogP contribution in [0.3, 0.4) is 0 Å². The molecule has 22 heavy (non-hydrogen) atoms. The lowest BCUT2D eigenvalue weighted by atomic mass is 10.2. The van der Waals surface area contributed by atoms with Crippen LogP contribution in [-0.4, -0.2) is 20.3 Å². The average molecular weight is 324 g/mol. The summed E-state index contributed by atoms with van der Waals surface area (Å²) in [5.74, 6) is 1.90. The molecule has 0 bridgehead atoms. The Bertz CT molecular complexity index is 650. The monoisotopic (exact) mass is 324 g/mol. The summed E-state index contributed by atoms with van der Waals surface area (Å²) in [5.41, 5.74) is 0.795. The van der Waals surface area contributed by atoms with Gasteiger partial charge in [-0.3, -0.25) is 4.57 Å². The zero-order chi connectivity index (χ0) is 16.2. The van der Waals surface area contributed by atoms with E-state index in [2.05, 4.69) is 0 Å². The number of hydrogen-bond acceptors (Lipinski definition) is 5. The molecule has 0 N–H and O–H groups in total. The molecular weight excluding hydrogens is 303 g/mol. The summed E-state index contributed by atoms with van der Waals surface area (Å²) in [6.45, 7) is 5.96. The standard InChI is InChI=1S/C16H21O5P/c1-5-19-22(17,20-6-2)15-11-12(3)21-16(15)13-7-9-14(18-4)10-8-13/h7-11H,5-6H2,1-4H3. The molecule has 6 heteroatoms. The first-order valence-electron chi connectivity index (χ1n) is 7.18. The van der Waals surface area contributed by atoms with Gasteiger partial charge in [0.05, 0.1) is 20.3 Å². The third-order valence-electron chi connectivity index (χ3n) is 3.08. The molecule has 1 aromatic carbocycles. The van der Waals surface area contributed by atoms with Crippen LogP contribution < -0.4 is 10.0 Å². The fraction of sp³-hybridized carbons (Fsp3) is 0.375. The van der Waals surface area contributed by atoms with Crippen molar-refractivity contribution in [3.63, 3.8) is 0 Å². The maximum absolute atomic E-state index is 13.0. The second-order valence-corrected chi connectivity index (χ2v) is 6.63. The van der Waals surface area contributed by atoms with E-state index in [1.165, 1.54) is 0 Å². The molecule has 0 atom stereocenters.